The van der Waals surface area contributed by atoms with Crippen LogP contribution in [0.2, 0.25) is 0 Å². The van der Waals surface area contributed by atoms with Crippen molar-refractivity contribution >= 4 is 5.91 Å². The molecule has 5 nitrogen and oxygen atoms in total. The Bertz CT molecular complexity index is 739. The molecule has 0 unspecified atom stereocenters. The second-order valence-electron chi connectivity index (χ2n) is 6.49. The molecule has 1 aliphatic rings. The molecule has 0 aliphatic carbocycles. The van der Waals surface area contributed by atoms with Crippen LogP contribution in [0, 0.1) is 12.7 Å². The average molecular weight is 343 g/mol. The molecule has 1 aromatic carbocycles. The van der Waals surface area contributed by atoms with Crippen LogP contribution < -0.4 is 5.32 Å². The Kier molecular flexibility index (Phi) is 5.40. The number of rotatable bonds is 4. The third kappa shape index (κ3) is 4.41. The van der Waals surface area contributed by atoms with E-state index in [-0.39, 0.29) is 17.8 Å². The summed E-state index contributed by atoms with van der Waals surface area (Å²) >= 11 is 0. The second kappa shape index (κ2) is 7.72. The van der Waals surface area contributed by atoms with Gasteiger partial charge in [0.25, 0.3) is 5.91 Å². The molecule has 1 aromatic heterocycles. The smallest absolute Gasteiger partial charge is 0.251 e. The maximum atomic E-state index is 13.4. The molecule has 2 heterocycles. The molecule has 1 fully saturated rings. The topological polar surface area (TPSA) is 65.5 Å². The summed E-state index contributed by atoms with van der Waals surface area (Å²) in [6.07, 6.45) is 3.16. The van der Waals surface area contributed by atoms with Crippen molar-refractivity contribution in [1.29, 1.82) is 0 Å². The Morgan fingerprint density at radius 1 is 1.36 bits per heavy atom. The number of pyridine rings is 1. The van der Waals surface area contributed by atoms with E-state index in [0.717, 1.165) is 12.1 Å². The van der Waals surface area contributed by atoms with E-state index in [1.54, 1.807) is 37.5 Å². The lowest BCUT2D eigenvalue weighted by molar-refractivity contribution is 0.0349. The first-order valence-corrected chi connectivity index (χ1v) is 8.39. The fourth-order valence-corrected chi connectivity index (χ4v) is 3.13. The van der Waals surface area contributed by atoms with E-state index in [2.05, 4.69) is 15.2 Å². The number of piperidine rings is 1. The Balaban J connectivity index is 1.55. The fraction of sp³-hybridized carbons (Fsp3) is 0.368. The molecule has 2 aromatic rings. The van der Waals surface area contributed by atoms with E-state index in [4.69, 9.17) is 0 Å². The quantitative estimate of drug-likeness (QED) is 0.890. The summed E-state index contributed by atoms with van der Waals surface area (Å²) in [6.45, 7) is 3.63. The lowest BCUT2D eigenvalue weighted by atomic mass is 10.0. The minimum atomic E-state index is -0.638. The minimum Gasteiger partial charge on any atom is -0.390 e. The summed E-state index contributed by atoms with van der Waals surface area (Å²) in [6, 6.07) is 8.10. The summed E-state index contributed by atoms with van der Waals surface area (Å²) < 4.78 is 13.4. The number of amides is 1. The number of benzene rings is 1. The summed E-state index contributed by atoms with van der Waals surface area (Å²) in [7, 11) is 0. The number of carbonyl (C=O) groups excluding carboxylic acids is 1. The van der Waals surface area contributed by atoms with Gasteiger partial charge in [-0.25, -0.2) is 4.39 Å². The highest BCUT2D eigenvalue weighted by Gasteiger charge is 2.29. The molecule has 0 radical (unpaired) electrons. The Labute approximate surface area is 146 Å². The zero-order chi connectivity index (χ0) is 17.8. The van der Waals surface area contributed by atoms with Crippen LogP contribution in [-0.2, 0) is 6.54 Å². The third-order valence-electron chi connectivity index (χ3n) is 4.55. The van der Waals surface area contributed by atoms with E-state index in [1.165, 1.54) is 6.07 Å². The number of nitrogens with zero attached hydrogens (tertiary/aromatic N) is 2. The predicted molar refractivity (Wildman–Crippen MR) is 92.5 cm³/mol. The number of halogens is 1. The second-order valence-corrected chi connectivity index (χ2v) is 6.49. The van der Waals surface area contributed by atoms with E-state index in [0.29, 0.717) is 30.6 Å². The fourth-order valence-electron chi connectivity index (χ4n) is 3.13. The molecule has 1 aliphatic heterocycles. The van der Waals surface area contributed by atoms with Gasteiger partial charge in [-0.2, -0.15) is 0 Å². The van der Waals surface area contributed by atoms with E-state index in [9.17, 15) is 14.3 Å². The van der Waals surface area contributed by atoms with Crippen LogP contribution in [0.15, 0.2) is 42.7 Å². The van der Waals surface area contributed by atoms with Gasteiger partial charge < -0.3 is 10.4 Å². The molecule has 3 rings (SSSR count). The number of aliphatic hydroxyl groups is 1. The first-order chi connectivity index (χ1) is 12.0. The van der Waals surface area contributed by atoms with Crippen molar-refractivity contribution in [2.75, 3.05) is 13.1 Å². The normalized spacial score (nSPS) is 21.1. The van der Waals surface area contributed by atoms with E-state index >= 15 is 0 Å². The monoisotopic (exact) mass is 343 g/mol. The van der Waals surface area contributed by atoms with Crippen molar-refractivity contribution in [2.24, 2.45) is 0 Å². The molecular weight excluding hydrogens is 321 g/mol. The van der Waals surface area contributed by atoms with Crippen molar-refractivity contribution in [3.05, 3.63) is 65.2 Å². The van der Waals surface area contributed by atoms with Crippen LogP contribution in [0.4, 0.5) is 4.39 Å². The summed E-state index contributed by atoms with van der Waals surface area (Å²) in [5.74, 6) is -0.407. The van der Waals surface area contributed by atoms with Crippen molar-refractivity contribution in [3.63, 3.8) is 0 Å². The van der Waals surface area contributed by atoms with Gasteiger partial charge in [-0.15, -0.1) is 0 Å². The van der Waals surface area contributed by atoms with Gasteiger partial charge in [0.2, 0.25) is 0 Å². The van der Waals surface area contributed by atoms with Crippen molar-refractivity contribution in [2.45, 2.75) is 32.0 Å². The number of nitrogens with one attached hydrogen (secondary N) is 1. The molecule has 1 amide bonds. The number of hydrogen-bond acceptors (Lipinski definition) is 4. The van der Waals surface area contributed by atoms with Gasteiger partial charge in [-0.1, -0.05) is 12.1 Å². The molecule has 0 bridgehead atoms. The summed E-state index contributed by atoms with van der Waals surface area (Å²) in [5.41, 5.74) is 2.18. The Morgan fingerprint density at radius 2 is 2.12 bits per heavy atom. The largest absolute Gasteiger partial charge is 0.390 e. The highest BCUT2D eigenvalue weighted by atomic mass is 19.1. The molecule has 2 N–H and O–H groups in total. The van der Waals surface area contributed by atoms with Crippen molar-refractivity contribution in [3.8, 4) is 0 Å². The summed E-state index contributed by atoms with van der Waals surface area (Å²) in [5, 5.41) is 13.3. The SMILES string of the molecule is Cc1cc(CN2CC[C@@H](NC(=O)c3ccncc3)[C@H](O)C2)ccc1F. The molecule has 0 spiro atoms. The first-order valence-electron chi connectivity index (χ1n) is 8.39. The molecule has 1 saturated heterocycles. The third-order valence-corrected chi connectivity index (χ3v) is 4.55. The predicted octanol–water partition coefficient (Wildman–Crippen LogP) is 1.89. The Hall–Kier alpha value is -2.31. The molecule has 25 heavy (non-hydrogen) atoms. The number of carbonyl (C=O) groups is 1. The zero-order valence-electron chi connectivity index (χ0n) is 14.2. The molecule has 6 heteroatoms. The lowest BCUT2D eigenvalue weighted by Gasteiger charge is -2.36. The first kappa shape index (κ1) is 17.5. The van der Waals surface area contributed by atoms with Crippen molar-refractivity contribution < 1.29 is 14.3 Å². The molecule has 2 atom stereocenters. The maximum absolute atomic E-state index is 13.4. The number of aryl methyl sites for hydroxylation is 1. The number of aliphatic hydroxyl groups excluding tert-OH is 1. The molecule has 132 valence electrons. The number of hydrogen-bond donors (Lipinski definition) is 2. The van der Waals surface area contributed by atoms with Crippen LogP contribution in [-0.4, -0.2) is 46.1 Å². The van der Waals surface area contributed by atoms with Gasteiger partial charge >= 0.3 is 0 Å². The highest BCUT2D eigenvalue weighted by Crippen LogP contribution is 2.17. The van der Waals surface area contributed by atoms with Gasteiger partial charge in [0.05, 0.1) is 12.1 Å². The highest BCUT2D eigenvalue weighted by molar-refractivity contribution is 5.94. The van der Waals surface area contributed by atoms with Gasteiger partial charge in [0, 0.05) is 37.6 Å². The zero-order valence-corrected chi connectivity index (χ0v) is 14.2. The van der Waals surface area contributed by atoms with Gasteiger partial charge in [0.15, 0.2) is 0 Å². The average Bonchev–Trinajstić information content (AvgIpc) is 2.61. The van der Waals surface area contributed by atoms with Gasteiger partial charge in [-0.3, -0.25) is 14.7 Å². The van der Waals surface area contributed by atoms with Gasteiger partial charge in [-0.05, 0) is 42.7 Å². The number of likely N-dealkylation sites (tertiary alicyclic amines) is 1. The Morgan fingerprint density at radius 3 is 2.80 bits per heavy atom. The maximum Gasteiger partial charge on any atom is 0.251 e. The minimum absolute atomic E-state index is 0.200. The van der Waals surface area contributed by atoms with Crippen LogP contribution >= 0.6 is 0 Å². The number of aromatic nitrogens is 1. The van der Waals surface area contributed by atoms with E-state index < -0.39 is 6.10 Å². The van der Waals surface area contributed by atoms with Crippen LogP contribution in [0.25, 0.3) is 0 Å². The standard InChI is InChI=1S/C19H22FN3O2/c1-13-10-14(2-3-16(13)20)11-23-9-6-17(18(24)12-23)22-19(25)15-4-7-21-8-5-15/h2-5,7-8,10,17-18,24H,6,9,11-12H2,1H3,(H,22,25)/t17-,18-/m1/s1. The van der Waals surface area contributed by atoms with Crippen LogP contribution in [0.1, 0.15) is 27.9 Å². The molecule has 0 saturated carbocycles. The van der Waals surface area contributed by atoms with Crippen molar-refractivity contribution in [1.82, 2.24) is 15.2 Å². The number of β-amino-alcohol motifs (C(OH)–C–C–N with tert-alkyl or cyclic N) is 1. The van der Waals surface area contributed by atoms with E-state index in [1.807, 2.05) is 6.07 Å². The van der Waals surface area contributed by atoms with Gasteiger partial charge in [0.1, 0.15) is 5.82 Å². The molecular formula is C19H22FN3O2. The van der Waals surface area contributed by atoms with Crippen LogP contribution in [0.5, 0.6) is 0 Å². The lowest BCUT2D eigenvalue weighted by Crippen LogP contribution is -2.53. The van der Waals surface area contributed by atoms with Crippen LogP contribution in [0.3, 0.4) is 0 Å². The summed E-state index contributed by atoms with van der Waals surface area (Å²) in [4.78, 5) is 18.2.